The van der Waals surface area contributed by atoms with E-state index in [9.17, 15) is 0 Å². The molecule has 0 saturated carbocycles. The van der Waals surface area contributed by atoms with E-state index < -0.39 is 8.80 Å². The lowest BCUT2D eigenvalue weighted by Gasteiger charge is -2.24. The van der Waals surface area contributed by atoms with Gasteiger partial charge in [-0.2, -0.15) is 0 Å². The fourth-order valence-corrected chi connectivity index (χ4v) is 2.94. The maximum atomic E-state index is 5.58. The molecule has 0 bridgehead atoms. The highest BCUT2D eigenvalue weighted by atomic mass is 28.4. The molecule has 0 radical (unpaired) electrons. The van der Waals surface area contributed by atoms with E-state index >= 15 is 0 Å². The first-order valence-corrected chi connectivity index (χ1v) is 7.00. The van der Waals surface area contributed by atoms with Crippen molar-refractivity contribution >= 4 is 8.80 Å². The van der Waals surface area contributed by atoms with E-state index in [1.807, 2.05) is 13.5 Å². The van der Waals surface area contributed by atoms with Crippen molar-refractivity contribution in [2.24, 2.45) is 0 Å². The Hall–Kier alpha value is 0.0569. The minimum atomic E-state index is -2.40. The standard InChI is InChI=1S/C8H18O4Si/c1-4-6-11-13(3,10-5-2)12-8-7-9-8/h8H,4-7H2,1-3H3. The summed E-state index contributed by atoms with van der Waals surface area (Å²) < 4.78 is 21.6. The van der Waals surface area contributed by atoms with Gasteiger partial charge >= 0.3 is 8.80 Å². The van der Waals surface area contributed by atoms with Crippen LogP contribution in [0.4, 0.5) is 0 Å². The summed E-state index contributed by atoms with van der Waals surface area (Å²) in [5, 5.41) is 0. The molecular weight excluding hydrogens is 188 g/mol. The summed E-state index contributed by atoms with van der Waals surface area (Å²) in [5.74, 6) is 0. The molecule has 2 unspecified atom stereocenters. The molecule has 0 aromatic carbocycles. The van der Waals surface area contributed by atoms with Crippen molar-refractivity contribution in [3.63, 3.8) is 0 Å². The maximum absolute atomic E-state index is 5.58. The van der Waals surface area contributed by atoms with Crippen molar-refractivity contribution in [1.29, 1.82) is 0 Å². The van der Waals surface area contributed by atoms with Crippen molar-refractivity contribution in [3.05, 3.63) is 0 Å². The van der Waals surface area contributed by atoms with Crippen molar-refractivity contribution in [3.8, 4) is 0 Å². The van der Waals surface area contributed by atoms with E-state index in [-0.39, 0.29) is 6.29 Å². The van der Waals surface area contributed by atoms with Crippen LogP contribution in [0.3, 0.4) is 0 Å². The first kappa shape index (κ1) is 11.1. The van der Waals surface area contributed by atoms with Crippen LogP contribution in [0.2, 0.25) is 6.55 Å². The summed E-state index contributed by atoms with van der Waals surface area (Å²) in [6, 6.07) is 0. The lowest BCUT2D eigenvalue weighted by molar-refractivity contribution is 0.0341. The van der Waals surface area contributed by atoms with Gasteiger partial charge in [0.15, 0.2) is 6.29 Å². The molecule has 1 rings (SSSR count). The van der Waals surface area contributed by atoms with Gasteiger partial charge in [0.2, 0.25) is 0 Å². The zero-order valence-electron chi connectivity index (χ0n) is 8.54. The van der Waals surface area contributed by atoms with Crippen LogP contribution < -0.4 is 0 Å². The van der Waals surface area contributed by atoms with Crippen molar-refractivity contribution < 1.29 is 18.0 Å². The van der Waals surface area contributed by atoms with Gasteiger partial charge < -0.3 is 18.0 Å². The summed E-state index contributed by atoms with van der Waals surface area (Å²) in [7, 11) is -2.40. The molecule has 78 valence electrons. The molecule has 1 aliphatic heterocycles. The molecule has 1 heterocycles. The van der Waals surface area contributed by atoms with Crippen LogP contribution in [-0.2, 0) is 18.0 Å². The number of hydrogen-bond acceptors (Lipinski definition) is 4. The molecule has 1 fully saturated rings. The first-order chi connectivity index (χ1) is 6.20. The maximum Gasteiger partial charge on any atom is 0.499 e. The average molecular weight is 206 g/mol. The van der Waals surface area contributed by atoms with Crippen LogP contribution in [0.15, 0.2) is 0 Å². The number of hydrogen-bond donors (Lipinski definition) is 0. The van der Waals surface area contributed by atoms with Crippen LogP contribution in [0.5, 0.6) is 0 Å². The molecule has 0 N–H and O–H groups in total. The summed E-state index contributed by atoms with van der Waals surface area (Å²) in [6.45, 7) is 7.90. The van der Waals surface area contributed by atoms with Gasteiger partial charge in [-0.1, -0.05) is 6.92 Å². The van der Waals surface area contributed by atoms with Crippen LogP contribution >= 0.6 is 0 Å². The van der Waals surface area contributed by atoms with E-state index in [0.717, 1.165) is 6.42 Å². The molecule has 1 aliphatic rings. The average Bonchev–Trinajstić information content (AvgIpc) is 2.85. The SMILES string of the molecule is CCCO[Si](C)(OCC)OC1CO1. The van der Waals surface area contributed by atoms with Crippen molar-refractivity contribution in [2.45, 2.75) is 33.1 Å². The predicted molar refractivity (Wildman–Crippen MR) is 50.3 cm³/mol. The van der Waals surface area contributed by atoms with Gasteiger partial charge in [-0.15, -0.1) is 0 Å². The topological polar surface area (TPSA) is 40.2 Å². The van der Waals surface area contributed by atoms with Crippen LogP contribution in [-0.4, -0.2) is 34.9 Å². The highest BCUT2D eigenvalue weighted by Crippen LogP contribution is 2.19. The van der Waals surface area contributed by atoms with E-state index in [1.54, 1.807) is 0 Å². The predicted octanol–water partition coefficient (Wildman–Crippen LogP) is 1.39. The number of epoxide rings is 1. The molecule has 0 aromatic heterocycles. The Bertz CT molecular complexity index is 151. The van der Waals surface area contributed by atoms with Gasteiger partial charge in [0.25, 0.3) is 0 Å². The smallest absolute Gasteiger partial charge is 0.374 e. The van der Waals surface area contributed by atoms with E-state index in [2.05, 4.69) is 6.92 Å². The molecule has 0 aliphatic carbocycles. The highest BCUT2D eigenvalue weighted by Gasteiger charge is 2.41. The molecular formula is C8H18O4Si. The van der Waals surface area contributed by atoms with Gasteiger partial charge in [0.05, 0.1) is 0 Å². The molecule has 13 heavy (non-hydrogen) atoms. The van der Waals surface area contributed by atoms with Gasteiger partial charge in [-0.25, -0.2) is 0 Å². The minimum absolute atomic E-state index is 0.0833. The lowest BCUT2D eigenvalue weighted by Crippen LogP contribution is -2.43. The zero-order chi connectivity index (χ0) is 9.73. The summed E-state index contributed by atoms with van der Waals surface area (Å²) >= 11 is 0. The molecule has 5 heteroatoms. The molecule has 0 aromatic rings. The Kier molecular flexibility index (Phi) is 4.34. The van der Waals surface area contributed by atoms with Crippen LogP contribution in [0.25, 0.3) is 0 Å². The first-order valence-electron chi connectivity index (χ1n) is 4.77. The van der Waals surface area contributed by atoms with E-state index in [4.69, 9.17) is 18.0 Å². The monoisotopic (exact) mass is 206 g/mol. The Morgan fingerprint density at radius 3 is 2.54 bits per heavy atom. The normalized spacial score (nSPS) is 25.6. The third kappa shape index (κ3) is 4.19. The Morgan fingerprint density at radius 1 is 1.38 bits per heavy atom. The number of ether oxygens (including phenoxy) is 1. The Morgan fingerprint density at radius 2 is 2.08 bits per heavy atom. The molecule has 4 nitrogen and oxygen atoms in total. The van der Waals surface area contributed by atoms with Gasteiger partial charge in [0, 0.05) is 19.8 Å². The molecule has 1 saturated heterocycles. The number of rotatable bonds is 7. The Balaban J connectivity index is 2.30. The molecule has 0 amide bonds. The van der Waals surface area contributed by atoms with E-state index in [0.29, 0.717) is 19.8 Å². The van der Waals surface area contributed by atoms with Crippen LogP contribution in [0, 0.1) is 0 Å². The summed E-state index contributed by atoms with van der Waals surface area (Å²) in [4.78, 5) is 0. The van der Waals surface area contributed by atoms with Crippen molar-refractivity contribution in [1.82, 2.24) is 0 Å². The lowest BCUT2D eigenvalue weighted by atomic mass is 10.5. The fourth-order valence-electron chi connectivity index (χ4n) is 1.01. The second-order valence-corrected chi connectivity index (χ2v) is 5.56. The fraction of sp³-hybridized carbons (Fsp3) is 1.00. The second-order valence-electron chi connectivity index (χ2n) is 3.02. The summed E-state index contributed by atoms with van der Waals surface area (Å²) in [6.07, 6.45) is 0.893. The van der Waals surface area contributed by atoms with Crippen LogP contribution in [0.1, 0.15) is 20.3 Å². The van der Waals surface area contributed by atoms with Crippen molar-refractivity contribution in [2.75, 3.05) is 19.8 Å². The quantitative estimate of drug-likeness (QED) is 0.466. The van der Waals surface area contributed by atoms with E-state index in [1.165, 1.54) is 0 Å². The molecule has 2 atom stereocenters. The van der Waals surface area contributed by atoms with Gasteiger partial charge in [0.1, 0.15) is 6.61 Å². The second kappa shape index (κ2) is 5.07. The third-order valence-corrected chi connectivity index (χ3v) is 3.86. The minimum Gasteiger partial charge on any atom is -0.374 e. The largest absolute Gasteiger partial charge is 0.499 e. The van der Waals surface area contributed by atoms with Gasteiger partial charge in [-0.3, -0.25) is 0 Å². The Labute approximate surface area is 80.5 Å². The highest BCUT2D eigenvalue weighted by molar-refractivity contribution is 6.59. The summed E-state index contributed by atoms with van der Waals surface area (Å²) in [5.41, 5.74) is 0. The van der Waals surface area contributed by atoms with Gasteiger partial charge in [-0.05, 0) is 13.3 Å². The zero-order valence-corrected chi connectivity index (χ0v) is 9.54. The third-order valence-electron chi connectivity index (χ3n) is 1.62. The molecule has 0 spiro atoms.